The van der Waals surface area contributed by atoms with E-state index >= 15 is 0 Å². The van der Waals surface area contributed by atoms with Gasteiger partial charge in [-0.25, -0.2) is 0 Å². The van der Waals surface area contributed by atoms with E-state index in [1.807, 2.05) is 10.4 Å². The smallest absolute Gasteiger partial charge is 0.253 e. The predicted molar refractivity (Wildman–Crippen MR) is 61.6 cm³/mol. The third-order valence-electron chi connectivity index (χ3n) is 2.90. The Hall–Kier alpha value is -1.55. The van der Waals surface area contributed by atoms with Crippen LogP contribution >= 0.6 is 0 Å². The molecule has 0 aliphatic carbocycles. The number of benzene rings is 1. The SMILES string of the molecule is O=C(c1ccc(NO)cc1)N1CCCCC1. The molecule has 0 saturated carbocycles. The highest BCUT2D eigenvalue weighted by Crippen LogP contribution is 2.14. The second-order valence-corrected chi connectivity index (χ2v) is 4.04. The van der Waals surface area contributed by atoms with E-state index in [1.165, 1.54) is 6.42 Å². The molecule has 0 atom stereocenters. The van der Waals surface area contributed by atoms with Gasteiger partial charge in [-0.15, -0.1) is 0 Å². The zero-order chi connectivity index (χ0) is 11.4. The number of hydrogen-bond donors (Lipinski definition) is 2. The van der Waals surface area contributed by atoms with Crippen LogP contribution in [0, 0.1) is 0 Å². The largest absolute Gasteiger partial charge is 0.339 e. The van der Waals surface area contributed by atoms with Crippen molar-refractivity contribution in [2.24, 2.45) is 0 Å². The number of amides is 1. The van der Waals surface area contributed by atoms with Gasteiger partial charge in [-0.3, -0.25) is 15.5 Å². The van der Waals surface area contributed by atoms with Gasteiger partial charge in [0.25, 0.3) is 5.91 Å². The molecule has 1 heterocycles. The van der Waals surface area contributed by atoms with Gasteiger partial charge in [0.2, 0.25) is 0 Å². The Bertz CT molecular complexity index is 356. The van der Waals surface area contributed by atoms with Crippen molar-refractivity contribution in [2.75, 3.05) is 18.6 Å². The zero-order valence-electron chi connectivity index (χ0n) is 9.15. The summed E-state index contributed by atoms with van der Waals surface area (Å²) in [7, 11) is 0. The van der Waals surface area contributed by atoms with Gasteiger partial charge in [0.15, 0.2) is 0 Å². The van der Waals surface area contributed by atoms with Gasteiger partial charge in [0, 0.05) is 18.7 Å². The lowest BCUT2D eigenvalue weighted by Gasteiger charge is -2.26. The molecular formula is C12H16N2O2. The van der Waals surface area contributed by atoms with Crippen LogP contribution in [0.15, 0.2) is 24.3 Å². The Morgan fingerprint density at radius 3 is 2.31 bits per heavy atom. The van der Waals surface area contributed by atoms with E-state index < -0.39 is 0 Å². The van der Waals surface area contributed by atoms with Gasteiger partial charge in [-0.1, -0.05) is 0 Å². The number of rotatable bonds is 2. The lowest BCUT2D eigenvalue weighted by Crippen LogP contribution is -2.35. The van der Waals surface area contributed by atoms with Crippen LogP contribution in [0.1, 0.15) is 29.6 Å². The quantitative estimate of drug-likeness (QED) is 0.750. The topological polar surface area (TPSA) is 52.6 Å². The molecule has 1 aromatic carbocycles. The summed E-state index contributed by atoms with van der Waals surface area (Å²) in [5.41, 5.74) is 3.32. The first-order valence-corrected chi connectivity index (χ1v) is 5.61. The van der Waals surface area contributed by atoms with E-state index in [1.54, 1.807) is 24.3 Å². The first kappa shape index (κ1) is 11.0. The van der Waals surface area contributed by atoms with E-state index in [2.05, 4.69) is 0 Å². The average Bonchev–Trinajstić information content (AvgIpc) is 2.39. The lowest BCUT2D eigenvalue weighted by molar-refractivity contribution is 0.0724. The summed E-state index contributed by atoms with van der Waals surface area (Å²) in [5.74, 6) is 0.0872. The second kappa shape index (κ2) is 4.99. The third-order valence-corrected chi connectivity index (χ3v) is 2.90. The minimum absolute atomic E-state index is 0.0872. The van der Waals surface area contributed by atoms with Crippen molar-refractivity contribution in [1.29, 1.82) is 0 Å². The van der Waals surface area contributed by atoms with Gasteiger partial charge in [0.05, 0.1) is 5.69 Å². The maximum Gasteiger partial charge on any atom is 0.253 e. The van der Waals surface area contributed by atoms with Crippen LogP contribution in [0.3, 0.4) is 0 Å². The minimum Gasteiger partial charge on any atom is -0.339 e. The van der Waals surface area contributed by atoms with Crippen LogP contribution in [0.2, 0.25) is 0 Å². The number of hydrogen-bond acceptors (Lipinski definition) is 3. The molecule has 1 aliphatic rings. The summed E-state index contributed by atoms with van der Waals surface area (Å²) in [6.45, 7) is 1.72. The van der Waals surface area contributed by atoms with Crippen LogP contribution in [0.4, 0.5) is 5.69 Å². The van der Waals surface area contributed by atoms with Crippen molar-refractivity contribution in [3.05, 3.63) is 29.8 Å². The number of anilines is 1. The lowest BCUT2D eigenvalue weighted by atomic mass is 10.1. The van der Waals surface area contributed by atoms with E-state index in [4.69, 9.17) is 5.21 Å². The van der Waals surface area contributed by atoms with Crippen LogP contribution in [-0.4, -0.2) is 29.1 Å². The van der Waals surface area contributed by atoms with Crippen molar-refractivity contribution in [3.8, 4) is 0 Å². The molecule has 86 valence electrons. The molecule has 0 radical (unpaired) electrons. The number of nitrogens with zero attached hydrogens (tertiary/aromatic N) is 1. The van der Waals surface area contributed by atoms with E-state index in [9.17, 15) is 4.79 Å². The van der Waals surface area contributed by atoms with Crippen LogP contribution < -0.4 is 5.48 Å². The summed E-state index contributed by atoms with van der Waals surface area (Å²) in [6, 6.07) is 6.85. The highest BCUT2D eigenvalue weighted by molar-refractivity contribution is 5.94. The fraction of sp³-hybridized carbons (Fsp3) is 0.417. The molecule has 2 N–H and O–H groups in total. The fourth-order valence-corrected chi connectivity index (χ4v) is 1.97. The van der Waals surface area contributed by atoms with Gasteiger partial charge in [-0.05, 0) is 43.5 Å². The Kier molecular flexibility index (Phi) is 3.41. The number of nitrogens with one attached hydrogen (secondary N) is 1. The van der Waals surface area contributed by atoms with Crippen molar-refractivity contribution in [2.45, 2.75) is 19.3 Å². The molecule has 1 amide bonds. The highest BCUT2D eigenvalue weighted by atomic mass is 16.5. The highest BCUT2D eigenvalue weighted by Gasteiger charge is 2.17. The number of likely N-dealkylation sites (tertiary alicyclic amines) is 1. The molecule has 16 heavy (non-hydrogen) atoms. The summed E-state index contributed by atoms with van der Waals surface area (Å²) < 4.78 is 0. The summed E-state index contributed by atoms with van der Waals surface area (Å²) in [4.78, 5) is 13.9. The Balaban J connectivity index is 2.07. The van der Waals surface area contributed by atoms with Crippen molar-refractivity contribution in [1.82, 2.24) is 4.90 Å². The molecule has 0 bridgehead atoms. The zero-order valence-corrected chi connectivity index (χ0v) is 9.15. The Morgan fingerprint density at radius 2 is 1.75 bits per heavy atom. The Labute approximate surface area is 94.8 Å². The third kappa shape index (κ3) is 2.33. The standard InChI is InChI=1S/C12H16N2O2/c15-12(14-8-2-1-3-9-14)10-4-6-11(13-16)7-5-10/h4-7,13,16H,1-3,8-9H2. The summed E-state index contributed by atoms with van der Waals surface area (Å²) >= 11 is 0. The van der Waals surface area contributed by atoms with Gasteiger partial charge in [0.1, 0.15) is 0 Å². The molecular weight excluding hydrogens is 204 g/mol. The molecule has 4 nitrogen and oxygen atoms in total. The van der Waals surface area contributed by atoms with Crippen molar-refractivity contribution >= 4 is 11.6 Å². The Morgan fingerprint density at radius 1 is 1.12 bits per heavy atom. The van der Waals surface area contributed by atoms with Crippen LogP contribution in [0.5, 0.6) is 0 Å². The molecule has 1 aliphatic heterocycles. The minimum atomic E-state index is 0.0872. The van der Waals surface area contributed by atoms with E-state index in [0.29, 0.717) is 11.3 Å². The summed E-state index contributed by atoms with van der Waals surface area (Å²) in [6.07, 6.45) is 3.42. The normalized spacial score (nSPS) is 15.9. The molecule has 0 spiro atoms. The second-order valence-electron chi connectivity index (χ2n) is 4.04. The number of carbonyl (C=O) groups is 1. The summed E-state index contributed by atoms with van der Waals surface area (Å²) in [5, 5.41) is 8.67. The predicted octanol–water partition coefficient (Wildman–Crippen LogP) is 2.11. The molecule has 2 rings (SSSR count). The fourth-order valence-electron chi connectivity index (χ4n) is 1.97. The molecule has 1 fully saturated rings. The van der Waals surface area contributed by atoms with E-state index in [-0.39, 0.29) is 5.91 Å². The van der Waals surface area contributed by atoms with Crippen LogP contribution in [-0.2, 0) is 0 Å². The average molecular weight is 220 g/mol. The number of piperidine rings is 1. The maximum atomic E-state index is 12.0. The molecule has 1 aromatic rings. The monoisotopic (exact) mass is 220 g/mol. The first-order valence-electron chi connectivity index (χ1n) is 5.61. The van der Waals surface area contributed by atoms with Crippen LogP contribution in [0.25, 0.3) is 0 Å². The van der Waals surface area contributed by atoms with Gasteiger partial charge >= 0.3 is 0 Å². The molecule has 0 aromatic heterocycles. The molecule has 4 heteroatoms. The van der Waals surface area contributed by atoms with Gasteiger partial charge in [-0.2, -0.15) is 0 Å². The van der Waals surface area contributed by atoms with Crippen molar-refractivity contribution < 1.29 is 10.0 Å². The maximum absolute atomic E-state index is 12.0. The van der Waals surface area contributed by atoms with Gasteiger partial charge < -0.3 is 4.90 Å². The van der Waals surface area contributed by atoms with Crippen molar-refractivity contribution in [3.63, 3.8) is 0 Å². The molecule has 1 saturated heterocycles. The number of carbonyl (C=O) groups excluding carboxylic acids is 1. The van der Waals surface area contributed by atoms with E-state index in [0.717, 1.165) is 25.9 Å². The first-order chi connectivity index (χ1) is 7.81. The molecule has 0 unspecified atom stereocenters.